The second-order valence-corrected chi connectivity index (χ2v) is 4.95. The molecule has 2 aromatic heterocycles. The van der Waals surface area contributed by atoms with Crippen LogP contribution in [0.4, 0.5) is 0 Å². The zero-order valence-electron chi connectivity index (χ0n) is 9.66. The summed E-state index contributed by atoms with van der Waals surface area (Å²) in [5.74, 6) is 0. The van der Waals surface area contributed by atoms with Gasteiger partial charge in [0.05, 0.1) is 27.2 Å². The fraction of sp³-hybridized carbons (Fsp3) is 0. The SMILES string of the molecule is N#Cc1cc2cc(-c3cccs3)n(O)c2cc1C#N. The number of hydrogen-bond donors (Lipinski definition) is 1. The zero-order valence-corrected chi connectivity index (χ0v) is 10.5. The van der Waals surface area contributed by atoms with E-state index < -0.39 is 0 Å². The van der Waals surface area contributed by atoms with Crippen molar-refractivity contribution in [1.29, 1.82) is 10.5 Å². The first kappa shape index (κ1) is 11.3. The molecule has 0 radical (unpaired) electrons. The standard InChI is InChI=1S/C14H7N3OS/c15-7-10-4-9-5-13(14-2-1-3-19-14)17(18)12(9)6-11(10)8-16/h1-6,18H. The van der Waals surface area contributed by atoms with Gasteiger partial charge < -0.3 is 5.21 Å². The Bertz CT molecular complexity index is 848. The highest BCUT2D eigenvalue weighted by atomic mass is 32.1. The molecule has 3 rings (SSSR count). The van der Waals surface area contributed by atoms with E-state index in [0.29, 0.717) is 16.8 Å². The molecule has 0 saturated heterocycles. The molecule has 0 aliphatic carbocycles. The fourth-order valence-electron chi connectivity index (χ4n) is 2.03. The van der Waals surface area contributed by atoms with Crippen LogP contribution in [0.25, 0.3) is 21.5 Å². The van der Waals surface area contributed by atoms with E-state index >= 15 is 0 Å². The third-order valence-electron chi connectivity index (χ3n) is 2.93. The monoisotopic (exact) mass is 265 g/mol. The van der Waals surface area contributed by atoms with Crippen LogP contribution < -0.4 is 0 Å². The molecule has 1 N–H and O–H groups in total. The number of nitrogens with zero attached hydrogens (tertiary/aromatic N) is 3. The highest BCUT2D eigenvalue weighted by molar-refractivity contribution is 7.13. The predicted molar refractivity (Wildman–Crippen MR) is 71.9 cm³/mol. The summed E-state index contributed by atoms with van der Waals surface area (Å²) in [7, 11) is 0. The predicted octanol–water partition coefficient (Wildman–Crippen LogP) is 3.35. The van der Waals surface area contributed by atoms with E-state index in [-0.39, 0.29) is 5.56 Å². The van der Waals surface area contributed by atoms with Gasteiger partial charge in [0, 0.05) is 5.39 Å². The normalized spacial score (nSPS) is 10.2. The number of nitriles is 2. The van der Waals surface area contributed by atoms with E-state index in [1.165, 1.54) is 17.4 Å². The molecule has 0 bridgehead atoms. The molecule has 4 nitrogen and oxygen atoms in total. The third kappa shape index (κ3) is 1.65. The Kier molecular flexibility index (Phi) is 2.49. The van der Waals surface area contributed by atoms with Crippen molar-refractivity contribution in [2.75, 3.05) is 0 Å². The molecular weight excluding hydrogens is 258 g/mol. The van der Waals surface area contributed by atoms with Gasteiger partial charge in [-0.2, -0.15) is 15.3 Å². The lowest BCUT2D eigenvalue weighted by molar-refractivity contribution is 0.205. The molecule has 90 valence electrons. The Morgan fingerprint density at radius 1 is 1.11 bits per heavy atom. The Morgan fingerprint density at radius 2 is 1.84 bits per heavy atom. The molecule has 19 heavy (non-hydrogen) atoms. The molecule has 3 aromatic rings. The van der Waals surface area contributed by atoms with Crippen molar-refractivity contribution in [1.82, 2.24) is 4.73 Å². The number of fused-ring (bicyclic) bond motifs is 1. The van der Waals surface area contributed by atoms with Crippen molar-refractivity contribution < 1.29 is 5.21 Å². The van der Waals surface area contributed by atoms with Gasteiger partial charge >= 0.3 is 0 Å². The number of hydrogen-bond acceptors (Lipinski definition) is 4. The Hall–Kier alpha value is -2.76. The first-order valence-electron chi connectivity index (χ1n) is 5.47. The Labute approximate surface area is 112 Å². The molecule has 0 fully saturated rings. The summed E-state index contributed by atoms with van der Waals surface area (Å²) in [4.78, 5) is 0.927. The number of rotatable bonds is 1. The summed E-state index contributed by atoms with van der Waals surface area (Å²) < 4.78 is 1.06. The van der Waals surface area contributed by atoms with Crippen LogP contribution in [0.1, 0.15) is 11.1 Å². The maximum Gasteiger partial charge on any atom is 0.101 e. The first-order chi connectivity index (χ1) is 9.24. The molecule has 0 amide bonds. The van der Waals surface area contributed by atoms with E-state index in [4.69, 9.17) is 10.5 Å². The van der Waals surface area contributed by atoms with Crippen LogP contribution >= 0.6 is 11.3 Å². The summed E-state index contributed by atoms with van der Waals surface area (Å²) in [5.41, 5.74) is 1.77. The summed E-state index contributed by atoms with van der Waals surface area (Å²) in [6.45, 7) is 0. The molecule has 0 unspecified atom stereocenters. The maximum absolute atomic E-state index is 10.2. The summed E-state index contributed by atoms with van der Waals surface area (Å²) in [5, 5.41) is 30.8. The second-order valence-electron chi connectivity index (χ2n) is 4.00. The molecule has 0 spiro atoms. The van der Waals surface area contributed by atoms with Gasteiger partial charge in [0.1, 0.15) is 12.1 Å². The van der Waals surface area contributed by atoms with E-state index in [0.717, 1.165) is 15.0 Å². The molecule has 0 aliphatic rings. The van der Waals surface area contributed by atoms with Crippen molar-refractivity contribution in [2.45, 2.75) is 0 Å². The Morgan fingerprint density at radius 3 is 2.47 bits per heavy atom. The van der Waals surface area contributed by atoms with Crippen LogP contribution in [-0.4, -0.2) is 9.94 Å². The quantitative estimate of drug-likeness (QED) is 0.686. The molecule has 0 saturated carbocycles. The summed E-state index contributed by atoms with van der Waals surface area (Å²) in [6.07, 6.45) is 0. The van der Waals surface area contributed by atoms with Gasteiger partial charge in [-0.1, -0.05) is 6.07 Å². The second kappa shape index (κ2) is 4.16. The average Bonchev–Trinajstić information content (AvgIpc) is 3.05. The van der Waals surface area contributed by atoms with Crippen LogP contribution in [0, 0.1) is 22.7 Å². The van der Waals surface area contributed by atoms with Gasteiger partial charge in [-0.25, -0.2) is 0 Å². The van der Waals surface area contributed by atoms with E-state index in [1.807, 2.05) is 35.7 Å². The van der Waals surface area contributed by atoms with E-state index in [1.54, 1.807) is 6.07 Å². The van der Waals surface area contributed by atoms with Gasteiger partial charge in [-0.05, 0) is 29.6 Å². The van der Waals surface area contributed by atoms with Crippen LogP contribution in [0.2, 0.25) is 0 Å². The minimum Gasteiger partial charge on any atom is -0.428 e. The lowest BCUT2D eigenvalue weighted by atomic mass is 10.1. The van der Waals surface area contributed by atoms with Crippen molar-refractivity contribution >= 4 is 22.2 Å². The van der Waals surface area contributed by atoms with E-state index in [9.17, 15) is 5.21 Å². The van der Waals surface area contributed by atoms with E-state index in [2.05, 4.69) is 0 Å². The van der Waals surface area contributed by atoms with Crippen LogP contribution in [0.15, 0.2) is 35.7 Å². The molecule has 1 aromatic carbocycles. The van der Waals surface area contributed by atoms with Gasteiger partial charge in [0.2, 0.25) is 0 Å². The number of thiophene rings is 1. The van der Waals surface area contributed by atoms with Crippen LogP contribution in [0.3, 0.4) is 0 Å². The zero-order chi connectivity index (χ0) is 13.4. The highest BCUT2D eigenvalue weighted by Gasteiger charge is 2.13. The lowest BCUT2D eigenvalue weighted by Gasteiger charge is -2.00. The fourth-order valence-corrected chi connectivity index (χ4v) is 2.75. The van der Waals surface area contributed by atoms with Gasteiger partial charge in [-0.3, -0.25) is 0 Å². The molecule has 5 heteroatoms. The minimum atomic E-state index is 0.265. The molecule has 0 aliphatic heterocycles. The van der Waals surface area contributed by atoms with Gasteiger partial charge in [0.25, 0.3) is 0 Å². The third-order valence-corrected chi connectivity index (χ3v) is 3.82. The first-order valence-corrected chi connectivity index (χ1v) is 6.35. The van der Waals surface area contributed by atoms with Gasteiger partial charge in [0.15, 0.2) is 0 Å². The van der Waals surface area contributed by atoms with Crippen LogP contribution in [0.5, 0.6) is 0 Å². The van der Waals surface area contributed by atoms with Crippen LogP contribution in [-0.2, 0) is 0 Å². The lowest BCUT2D eigenvalue weighted by Crippen LogP contribution is -1.92. The highest BCUT2D eigenvalue weighted by Crippen LogP contribution is 2.31. The summed E-state index contributed by atoms with van der Waals surface area (Å²) >= 11 is 1.51. The molecule has 2 heterocycles. The topological polar surface area (TPSA) is 72.7 Å². The van der Waals surface area contributed by atoms with Gasteiger partial charge in [-0.15, -0.1) is 11.3 Å². The smallest absolute Gasteiger partial charge is 0.101 e. The maximum atomic E-state index is 10.2. The minimum absolute atomic E-state index is 0.265. The number of benzene rings is 1. The largest absolute Gasteiger partial charge is 0.428 e. The molecule has 0 atom stereocenters. The van der Waals surface area contributed by atoms with Crippen molar-refractivity contribution in [3.63, 3.8) is 0 Å². The summed E-state index contributed by atoms with van der Waals surface area (Å²) in [6, 6.07) is 12.7. The molecular formula is C14H7N3OS. The van der Waals surface area contributed by atoms with Crippen molar-refractivity contribution in [3.8, 4) is 22.7 Å². The average molecular weight is 265 g/mol. The van der Waals surface area contributed by atoms with Crippen molar-refractivity contribution in [2.24, 2.45) is 0 Å². The van der Waals surface area contributed by atoms with Crippen molar-refractivity contribution in [3.05, 3.63) is 46.8 Å². The number of aromatic nitrogens is 1. The Balaban J connectivity index is 2.34.